The fraction of sp³-hybridized carbons (Fsp3) is 0.706. The van der Waals surface area contributed by atoms with Crippen LogP contribution in [0.3, 0.4) is 0 Å². The first-order valence-electron chi connectivity index (χ1n) is 17.0. The van der Waals surface area contributed by atoms with E-state index in [0.29, 0.717) is 52.4 Å². The molecule has 4 unspecified atom stereocenters. The van der Waals surface area contributed by atoms with Crippen molar-refractivity contribution in [3.8, 4) is 0 Å². The summed E-state index contributed by atoms with van der Waals surface area (Å²) in [5.41, 5.74) is -1.13. The molecule has 6 aliphatic heterocycles. The summed E-state index contributed by atoms with van der Waals surface area (Å²) in [6.07, 6.45) is 4.00. The number of hydrogen-bond acceptors (Lipinski definition) is 11. The summed E-state index contributed by atoms with van der Waals surface area (Å²) in [6.45, 7) is 13.7. The van der Waals surface area contributed by atoms with Crippen LogP contribution in [0.15, 0.2) is 24.3 Å². The molecule has 4 saturated heterocycles. The van der Waals surface area contributed by atoms with Crippen LogP contribution < -0.4 is 5.11 Å². The second kappa shape index (κ2) is 14.2. The van der Waals surface area contributed by atoms with Gasteiger partial charge in [-0.25, -0.2) is 9.59 Å². The molecule has 8 atom stereocenters. The summed E-state index contributed by atoms with van der Waals surface area (Å²) in [5, 5.41) is 20.8. The average molecular weight is 704 g/mol. The number of carboxylic acid groups (broad SMARTS) is 2. The summed E-state index contributed by atoms with van der Waals surface area (Å²) in [6, 6.07) is 0. The highest BCUT2D eigenvalue weighted by molar-refractivity contribution is 5.88. The quantitative estimate of drug-likeness (QED) is 0.389. The number of rotatable bonds is 4. The topological polar surface area (TPSA) is 196 Å². The van der Waals surface area contributed by atoms with E-state index in [1.165, 1.54) is 0 Å². The first kappa shape index (κ1) is 37.1. The molecule has 6 heterocycles. The van der Waals surface area contributed by atoms with E-state index >= 15 is 0 Å². The SMILES string of the molecule is CC(C)(C)OC(=O)N1CCN(C(=O)C2C(C(=O)O)[C@H]3C=C[C@@H]2O3)CC1.CC(C)(C)OC(=O)N1CCN(C(=O)C2C(C(=O)[O-])[C@H]3C=C[C@@H]2O3)CC1. The monoisotopic (exact) mass is 703 g/mol. The minimum absolute atomic E-state index is 0.215. The van der Waals surface area contributed by atoms with Gasteiger partial charge in [0.25, 0.3) is 0 Å². The molecule has 0 saturated carbocycles. The van der Waals surface area contributed by atoms with E-state index < -0.39 is 83.4 Å². The summed E-state index contributed by atoms with van der Waals surface area (Å²) >= 11 is 0. The van der Waals surface area contributed by atoms with Gasteiger partial charge in [0.1, 0.15) is 17.1 Å². The van der Waals surface area contributed by atoms with Crippen LogP contribution in [0.1, 0.15) is 41.5 Å². The second-order valence-corrected chi connectivity index (χ2v) is 15.2. The van der Waals surface area contributed by atoms with Crippen LogP contribution in [0.5, 0.6) is 0 Å². The fourth-order valence-electron chi connectivity index (χ4n) is 7.07. The lowest BCUT2D eigenvalue weighted by atomic mass is 9.82. The van der Waals surface area contributed by atoms with Crippen LogP contribution in [-0.2, 0) is 38.1 Å². The zero-order valence-corrected chi connectivity index (χ0v) is 29.3. The number of carbonyl (C=O) groups excluding carboxylic acids is 5. The molecule has 4 bridgehead atoms. The molecule has 6 rings (SSSR count). The first-order valence-corrected chi connectivity index (χ1v) is 17.0. The largest absolute Gasteiger partial charge is 0.550 e. The number of ether oxygens (including phenoxy) is 4. The molecule has 0 spiro atoms. The van der Waals surface area contributed by atoms with Gasteiger partial charge in [-0.15, -0.1) is 0 Å². The number of fused-ring (bicyclic) bond motifs is 4. The van der Waals surface area contributed by atoms with Crippen molar-refractivity contribution < 1.29 is 57.9 Å². The minimum atomic E-state index is -1.26. The Hall–Kier alpha value is -4.18. The van der Waals surface area contributed by atoms with Crippen molar-refractivity contribution in [1.82, 2.24) is 19.6 Å². The van der Waals surface area contributed by atoms with E-state index in [4.69, 9.17) is 18.9 Å². The Labute approximate surface area is 290 Å². The zero-order chi connectivity index (χ0) is 36.7. The lowest BCUT2D eigenvalue weighted by Crippen LogP contribution is -2.55. The standard InChI is InChI=1S/2C17H24N2O6/c2*1-17(2,3)25-16(23)19-8-6-18(7-9-19)14(20)12-10-4-5-11(24-10)13(12)15(21)22/h2*4-5,10-13H,6-9H2,1-3H3,(H,21,22)/p-1/t2*10-,11+,12?,13?/m00/s1. The van der Waals surface area contributed by atoms with Crippen LogP contribution in [0.2, 0.25) is 0 Å². The van der Waals surface area contributed by atoms with Gasteiger partial charge < -0.3 is 53.6 Å². The summed E-state index contributed by atoms with van der Waals surface area (Å²) < 4.78 is 21.8. The number of carbonyl (C=O) groups is 6. The normalized spacial score (nSPS) is 31.3. The van der Waals surface area contributed by atoms with Crippen molar-refractivity contribution in [2.24, 2.45) is 23.7 Å². The van der Waals surface area contributed by atoms with E-state index in [0.717, 1.165) is 0 Å². The van der Waals surface area contributed by atoms with Crippen molar-refractivity contribution in [2.45, 2.75) is 77.2 Å². The Morgan fingerprint density at radius 2 is 0.860 bits per heavy atom. The molecule has 0 aliphatic carbocycles. The predicted octanol–water partition coefficient (Wildman–Crippen LogP) is 0.105. The van der Waals surface area contributed by atoms with E-state index in [1.807, 2.05) is 0 Å². The third-order valence-electron chi connectivity index (χ3n) is 9.41. The number of hydrogen-bond donors (Lipinski definition) is 1. The van der Waals surface area contributed by atoms with Gasteiger partial charge in [0.2, 0.25) is 11.8 Å². The predicted molar refractivity (Wildman–Crippen MR) is 171 cm³/mol. The van der Waals surface area contributed by atoms with E-state index in [2.05, 4.69) is 0 Å². The molecule has 0 radical (unpaired) electrons. The van der Waals surface area contributed by atoms with Gasteiger partial charge in [-0.1, -0.05) is 24.3 Å². The van der Waals surface area contributed by atoms with Crippen LogP contribution >= 0.6 is 0 Å². The molecular formula is C34H47N4O12-. The van der Waals surface area contributed by atoms with E-state index in [1.54, 1.807) is 85.4 Å². The fourth-order valence-corrected chi connectivity index (χ4v) is 7.07. The smallest absolute Gasteiger partial charge is 0.410 e. The molecule has 1 N–H and O–H groups in total. The minimum Gasteiger partial charge on any atom is -0.550 e. The molecule has 16 heteroatoms. The van der Waals surface area contributed by atoms with Gasteiger partial charge in [0.05, 0.1) is 36.3 Å². The molecule has 0 aromatic rings. The second-order valence-electron chi connectivity index (χ2n) is 15.2. The molecule has 276 valence electrons. The number of aliphatic carboxylic acids is 2. The molecule has 6 aliphatic rings. The third-order valence-corrected chi connectivity index (χ3v) is 9.41. The van der Waals surface area contributed by atoms with Crippen molar-refractivity contribution >= 4 is 35.9 Å². The maximum absolute atomic E-state index is 12.8. The summed E-state index contributed by atoms with van der Waals surface area (Å²) in [7, 11) is 0. The molecule has 50 heavy (non-hydrogen) atoms. The van der Waals surface area contributed by atoms with Crippen molar-refractivity contribution in [3.05, 3.63) is 24.3 Å². The molecule has 4 amide bonds. The molecule has 16 nitrogen and oxygen atoms in total. The van der Waals surface area contributed by atoms with Gasteiger partial charge in [-0.2, -0.15) is 0 Å². The molecule has 0 aromatic heterocycles. The number of carboxylic acids is 2. The Balaban J connectivity index is 0.000000194. The maximum atomic E-state index is 12.8. The van der Waals surface area contributed by atoms with Gasteiger partial charge in [0.15, 0.2) is 0 Å². The number of nitrogens with zero attached hydrogens (tertiary/aromatic N) is 4. The van der Waals surface area contributed by atoms with Crippen LogP contribution in [0, 0.1) is 23.7 Å². The zero-order valence-electron chi connectivity index (χ0n) is 29.3. The van der Waals surface area contributed by atoms with Gasteiger partial charge in [-0.3, -0.25) is 14.4 Å². The summed E-state index contributed by atoms with van der Waals surface area (Å²) in [4.78, 5) is 79.0. The molecule has 0 aromatic carbocycles. The highest BCUT2D eigenvalue weighted by atomic mass is 16.6. The first-order chi connectivity index (χ1) is 23.3. The van der Waals surface area contributed by atoms with E-state index in [9.17, 15) is 39.0 Å². The van der Waals surface area contributed by atoms with Crippen LogP contribution in [-0.4, -0.2) is 149 Å². The molecular weight excluding hydrogens is 656 g/mol. The van der Waals surface area contributed by atoms with Gasteiger partial charge in [0, 0.05) is 64.2 Å². The number of amides is 4. The van der Waals surface area contributed by atoms with Crippen molar-refractivity contribution in [1.29, 1.82) is 0 Å². The average Bonchev–Trinajstić information content (AvgIpc) is 3.84. The Bertz CT molecular complexity index is 1310. The lowest BCUT2D eigenvalue weighted by Gasteiger charge is -2.38. The lowest BCUT2D eigenvalue weighted by molar-refractivity contribution is -0.313. The number of piperazine rings is 2. The van der Waals surface area contributed by atoms with Crippen LogP contribution in [0.25, 0.3) is 0 Å². The van der Waals surface area contributed by atoms with Crippen LogP contribution in [0.4, 0.5) is 9.59 Å². The maximum Gasteiger partial charge on any atom is 0.410 e. The summed E-state index contributed by atoms with van der Waals surface area (Å²) in [5.74, 6) is -5.99. The third kappa shape index (κ3) is 8.06. The Morgan fingerprint density at radius 1 is 0.560 bits per heavy atom. The highest BCUT2D eigenvalue weighted by Gasteiger charge is 2.54. The highest BCUT2D eigenvalue weighted by Crippen LogP contribution is 2.41. The van der Waals surface area contributed by atoms with Gasteiger partial charge >= 0.3 is 18.2 Å². The van der Waals surface area contributed by atoms with Crippen molar-refractivity contribution in [3.63, 3.8) is 0 Å². The van der Waals surface area contributed by atoms with Crippen molar-refractivity contribution in [2.75, 3.05) is 52.4 Å². The Morgan fingerprint density at radius 3 is 1.18 bits per heavy atom. The molecule has 4 fully saturated rings. The van der Waals surface area contributed by atoms with E-state index in [-0.39, 0.29) is 11.8 Å². The van der Waals surface area contributed by atoms with Gasteiger partial charge in [-0.05, 0) is 41.5 Å². The Kier molecular flexibility index (Phi) is 10.5.